The van der Waals surface area contributed by atoms with Crippen molar-refractivity contribution in [3.63, 3.8) is 0 Å². The van der Waals surface area contributed by atoms with Gasteiger partial charge < -0.3 is 14.8 Å². The van der Waals surface area contributed by atoms with E-state index in [2.05, 4.69) is 56.9 Å². The van der Waals surface area contributed by atoms with E-state index < -0.39 is 0 Å². The monoisotopic (exact) mass is 285 g/mol. The number of anilines is 1. The van der Waals surface area contributed by atoms with Crippen LogP contribution >= 0.6 is 0 Å². The van der Waals surface area contributed by atoms with Crippen LogP contribution in [0, 0.1) is 0 Å². The lowest BCUT2D eigenvalue weighted by atomic mass is 10.2. The zero-order valence-corrected chi connectivity index (χ0v) is 12.8. The Balaban J connectivity index is 1.67. The van der Waals surface area contributed by atoms with Crippen molar-refractivity contribution in [2.24, 2.45) is 0 Å². The van der Waals surface area contributed by atoms with Crippen molar-refractivity contribution >= 4 is 5.69 Å². The molecule has 112 valence electrons. The number of nitrogens with one attached hydrogen (secondary N) is 1. The largest absolute Gasteiger partial charge is 0.361 e. The van der Waals surface area contributed by atoms with Gasteiger partial charge in [0.25, 0.3) is 0 Å². The van der Waals surface area contributed by atoms with Crippen LogP contribution in [0.15, 0.2) is 30.7 Å². The van der Waals surface area contributed by atoms with Crippen LogP contribution in [0.4, 0.5) is 5.69 Å². The molecule has 1 aliphatic heterocycles. The van der Waals surface area contributed by atoms with Crippen molar-refractivity contribution in [3.05, 3.63) is 42.2 Å². The molecular formula is C16H23N5. The molecule has 0 amide bonds. The van der Waals surface area contributed by atoms with Crippen LogP contribution in [0.1, 0.15) is 37.8 Å². The fourth-order valence-electron chi connectivity index (χ4n) is 2.70. The minimum Gasteiger partial charge on any atom is -0.361 e. The molecule has 21 heavy (non-hydrogen) atoms. The molecule has 0 saturated heterocycles. The van der Waals surface area contributed by atoms with Gasteiger partial charge in [0.15, 0.2) is 0 Å². The summed E-state index contributed by atoms with van der Waals surface area (Å²) in [5.41, 5.74) is 2.28. The van der Waals surface area contributed by atoms with Crippen LogP contribution in [-0.4, -0.2) is 27.6 Å². The van der Waals surface area contributed by atoms with Crippen LogP contribution in [0.5, 0.6) is 0 Å². The number of imidazole rings is 1. The maximum absolute atomic E-state index is 4.62. The fraction of sp³-hybridized carbons (Fsp3) is 0.500. The van der Waals surface area contributed by atoms with E-state index in [1.165, 1.54) is 5.69 Å². The molecule has 2 aromatic rings. The summed E-state index contributed by atoms with van der Waals surface area (Å²) in [5, 5.41) is 3.47. The lowest BCUT2D eigenvalue weighted by Gasteiger charge is -2.29. The van der Waals surface area contributed by atoms with Crippen LogP contribution < -0.4 is 10.2 Å². The molecule has 1 atom stereocenters. The SMILES string of the molecule is CCCNC(C)c1ccc(N2CCn3ccnc3C2)cn1. The summed E-state index contributed by atoms with van der Waals surface area (Å²) in [6.45, 7) is 8.22. The van der Waals surface area contributed by atoms with Crippen LogP contribution in [0.2, 0.25) is 0 Å². The van der Waals surface area contributed by atoms with E-state index >= 15 is 0 Å². The van der Waals surface area contributed by atoms with Crippen molar-refractivity contribution < 1.29 is 0 Å². The maximum Gasteiger partial charge on any atom is 0.128 e. The second-order valence-electron chi connectivity index (χ2n) is 5.58. The summed E-state index contributed by atoms with van der Waals surface area (Å²) < 4.78 is 2.22. The molecule has 5 heteroatoms. The van der Waals surface area contributed by atoms with Gasteiger partial charge in [-0.15, -0.1) is 0 Å². The van der Waals surface area contributed by atoms with E-state index in [9.17, 15) is 0 Å². The second kappa shape index (κ2) is 6.26. The van der Waals surface area contributed by atoms with Gasteiger partial charge in [-0.25, -0.2) is 4.98 Å². The van der Waals surface area contributed by atoms with Gasteiger partial charge in [0, 0.05) is 31.5 Å². The average molecular weight is 285 g/mol. The van der Waals surface area contributed by atoms with Crippen molar-refractivity contribution in [2.45, 2.75) is 39.4 Å². The Kier molecular flexibility index (Phi) is 4.20. The van der Waals surface area contributed by atoms with Gasteiger partial charge >= 0.3 is 0 Å². The molecule has 0 aromatic carbocycles. The highest BCUT2D eigenvalue weighted by Crippen LogP contribution is 2.21. The number of hydrogen-bond donors (Lipinski definition) is 1. The molecule has 0 saturated carbocycles. The first-order valence-electron chi connectivity index (χ1n) is 7.72. The molecule has 0 radical (unpaired) electrons. The maximum atomic E-state index is 4.62. The Hall–Kier alpha value is -1.88. The number of fused-ring (bicyclic) bond motifs is 1. The van der Waals surface area contributed by atoms with Gasteiger partial charge in [-0.05, 0) is 32.0 Å². The number of nitrogens with zero attached hydrogens (tertiary/aromatic N) is 4. The Morgan fingerprint density at radius 1 is 1.29 bits per heavy atom. The summed E-state index contributed by atoms with van der Waals surface area (Å²) in [5.74, 6) is 1.13. The predicted octanol–water partition coefficient (Wildman–Crippen LogP) is 2.36. The zero-order chi connectivity index (χ0) is 14.7. The normalized spacial score (nSPS) is 15.8. The summed E-state index contributed by atoms with van der Waals surface area (Å²) in [4.78, 5) is 11.4. The van der Waals surface area contributed by atoms with Crippen molar-refractivity contribution in [1.82, 2.24) is 19.9 Å². The fourth-order valence-corrected chi connectivity index (χ4v) is 2.70. The third kappa shape index (κ3) is 3.08. The minimum atomic E-state index is 0.305. The van der Waals surface area contributed by atoms with E-state index in [0.29, 0.717) is 6.04 Å². The first-order chi connectivity index (χ1) is 10.3. The summed E-state index contributed by atoms with van der Waals surface area (Å²) >= 11 is 0. The molecule has 2 aromatic heterocycles. The number of pyridine rings is 1. The summed E-state index contributed by atoms with van der Waals surface area (Å²) in [6.07, 6.45) is 7.05. The molecule has 0 aliphatic carbocycles. The quantitative estimate of drug-likeness (QED) is 0.916. The first kappa shape index (κ1) is 14.1. The minimum absolute atomic E-state index is 0.305. The zero-order valence-electron chi connectivity index (χ0n) is 12.8. The number of hydrogen-bond acceptors (Lipinski definition) is 4. The highest BCUT2D eigenvalue weighted by atomic mass is 15.2. The van der Waals surface area contributed by atoms with E-state index in [1.807, 2.05) is 12.4 Å². The molecule has 3 rings (SSSR count). The lowest BCUT2D eigenvalue weighted by molar-refractivity contribution is 0.552. The number of rotatable bonds is 5. The van der Waals surface area contributed by atoms with Gasteiger partial charge in [0.05, 0.1) is 24.1 Å². The van der Waals surface area contributed by atoms with Gasteiger partial charge in [-0.3, -0.25) is 4.98 Å². The molecule has 0 bridgehead atoms. The smallest absolute Gasteiger partial charge is 0.128 e. The van der Waals surface area contributed by atoms with Crippen LogP contribution in [0.25, 0.3) is 0 Å². The Bertz CT molecular complexity index is 575. The molecule has 1 unspecified atom stereocenters. The standard InChI is InChI=1S/C16H23N5/c1-3-6-17-13(2)15-5-4-14(11-19-15)21-10-9-20-8-7-18-16(20)12-21/h4-5,7-8,11,13,17H,3,6,9-10,12H2,1-2H3. The first-order valence-corrected chi connectivity index (χ1v) is 7.72. The van der Waals surface area contributed by atoms with Gasteiger partial charge in [0.2, 0.25) is 0 Å². The molecule has 1 aliphatic rings. The Labute approximate surface area is 126 Å². The molecule has 5 nitrogen and oxygen atoms in total. The average Bonchev–Trinajstić information content (AvgIpc) is 3.00. The third-order valence-electron chi connectivity index (χ3n) is 4.02. The van der Waals surface area contributed by atoms with Crippen molar-refractivity contribution in [3.8, 4) is 0 Å². The highest BCUT2D eigenvalue weighted by Gasteiger charge is 2.17. The molecule has 3 heterocycles. The van der Waals surface area contributed by atoms with Crippen molar-refractivity contribution in [2.75, 3.05) is 18.0 Å². The second-order valence-corrected chi connectivity index (χ2v) is 5.58. The molecule has 0 spiro atoms. The summed E-state index contributed by atoms with van der Waals surface area (Å²) in [7, 11) is 0. The topological polar surface area (TPSA) is 46.0 Å². The number of aromatic nitrogens is 3. The van der Waals surface area contributed by atoms with Gasteiger partial charge in [-0.2, -0.15) is 0 Å². The van der Waals surface area contributed by atoms with Gasteiger partial charge in [-0.1, -0.05) is 6.92 Å². The highest BCUT2D eigenvalue weighted by molar-refractivity contribution is 5.45. The molecule has 0 fully saturated rings. The summed E-state index contributed by atoms with van der Waals surface area (Å²) in [6, 6.07) is 4.61. The molecular weight excluding hydrogens is 262 g/mol. The van der Waals surface area contributed by atoms with E-state index in [1.54, 1.807) is 0 Å². The third-order valence-corrected chi connectivity index (χ3v) is 4.02. The van der Waals surface area contributed by atoms with E-state index in [-0.39, 0.29) is 0 Å². The van der Waals surface area contributed by atoms with E-state index in [0.717, 1.165) is 44.1 Å². The lowest BCUT2D eigenvalue weighted by Crippen LogP contribution is -2.33. The Morgan fingerprint density at radius 3 is 2.95 bits per heavy atom. The van der Waals surface area contributed by atoms with Crippen LogP contribution in [-0.2, 0) is 13.1 Å². The van der Waals surface area contributed by atoms with E-state index in [4.69, 9.17) is 0 Å². The van der Waals surface area contributed by atoms with Crippen molar-refractivity contribution in [1.29, 1.82) is 0 Å². The molecule has 1 N–H and O–H groups in total. The van der Waals surface area contributed by atoms with Crippen LogP contribution in [0.3, 0.4) is 0 Å². The van der Waals surface area contributed by atoms with Gasteiger partial charge in [0.1, 0.15) is 5.82 Å². The Morgan fingerprint density at radius 2 is 2.19 bits per heavy atom. The predicted molar refractivity (Wildman–Crippen MR) is 84.2 cm³/mol.